The van der Waals surface area contributed by atoms with Gasteiger partial charge in [0.05, 0.1) is 10.3 Å². The maximum Gasteiger partial charge on any atom is 0.435 e. The van der Waals surface area contributed by atoms with Crippen molar-refractivity contribution in [3.05, 3.63) is 65.5 Å². The third kappa shape index (κ3) is 5.31. The van der Waals surface area contributed by atoms with Crippen LogP contribution in [0.25, 0.3) is 0 Å². The highest BCUT2D eigenvalue weighted by Gasteiger charge is 2.73. The van der Waals surface area contributed by atoms with E-state index >= 15 is 0 Å². The van der Waals surface area contributed by atoms with Crippen LogP contribution in [0.4, 0.5) is 39.5 Å². The van der Waals surface area contributed by atoms with Gasteiger partial charge in [0.25, 0.3) is 0 Å². The normalized spacial score (nSPS) is 25.5. The molecule has 0 spiro atoms. The minimum Gasteiger partial charge on any atom is -0.340 e. The molecule has 15 heteroatoms. The van der Waals surface area contributed by atoms with Crippen LogP contribution < -0.4 is 0 Å². The average Bonchev–Trinajstić information content (AvgIpc) is 3.43. The van der Waals surface area contributed by atoms with E-state index in [1.54, 1.807) is 0 Å². The summed E-state index contributed by atoms with van der Waals surface area (Å²) in [5.74, 6) is -1.92. The topological polar surface area (TPSA) is 71.5 Å². The van der Waals surface area contributed by atoms with E-state index in [-0.39, 0.29) is 55.8 Å². The van der Waals surface area contributed by atoms with E-state index in [1.807, 2.05) is 0 Å². The summed E-state index contributed by atoms with van der Waals surface area (Å²) in [5.41, 5.74) is -9.49. The van der Waals surface area contributed by atoms with E-state index in [0.29, 0.717) is 18.4 Å². The van der Waals surface area contributed by atoms with Crippen molar-refractivity contribution in [2.75, 3.05) is 19.8 Å². The predicted molar refractivity (Wildman–Crippen MR) is 134 cm³/mol. The number of hydrogen-bond donors (Lipinski definition) is 0. The maximum atomic E-state index is 14.7. The van der Waals surface area contributed by atoms with Gasteiger partial charge in [-0.1, -0.05) is 24.3 Å². The second kappa shape index (κ2) is 11.1. The Hall–Kier alpha value is -3.10. The van der Waals surface area contributed by atoms with Gasteiger partial charge in [0.1, 0.15) is 23.5 Å². The monoisotopic (exact) mass is 643 g/mol. The summed E-state index contributed by atoms with van der Waals surface area (Å²) in [5, 5.41) is 0. The molecule has 5 nitrogen and oxygen atoms in total. The summed E-state index contributed by atoms with van der Waals surface area (Å²) in [6.45, 7) is -2.05. The van der Waals surface area contributed by atoms with Crippen LogP contribution >= 0.6 is 0 Å². The van der Waals surface area contributed by atoms with Crippen LogP contribution in [-0.2, 0) is 29.8 Å². The number of nitrogens with zero attached hydrogens (tertiary/aromatic N) is 1. The highest BCUT2D eigenvalue weighted by atomic mass is 32.2. The van der Waals surface area contributed by atoms with Crippen molar-refractivity contribution in [3.63, 3.8) is 0 Å². The van der Waals surface area contributed by atoms with Gasteiger partial charge in [0, 0.05) is 24.6 Å². The molecule has 2 aromatic carbocycles. The van der Waals surface area contributed by atoms with Crippen LogP contribution in [0.15, 0.2) is 53.4 Å². The minimum atomic E-state index is -6.40. The van der Waals surface area contributed by atoms with Gasteiger partial charge < -0.3 is 9.69 Å². The lowest BCUT2D eigenvalue weighted by Crippen LogP contribution is -2.50. The first-order valence-electron chi connectivity index (χ1n) is 13.1. The predicted octanol–water partition coefficient (Wildman–Crippen LogP) is 6.36. The molecular weight excluding hydrogens is 617 g/mol. The Labute approximate surface area is 241 Å². The van der Waals surface area contributed by atoms with Crippen molar-refractivity contribution in [1.82, 2.24) is 4.90 Å². The fourth-order valence-electron chi connectivity index (χ4n) is 5.97. The highest BCUT2D eigenvalue weighted by molar-refractivity contribution is 7.92. The maximum absolute atomic E-state index is 14.7. The second-order valence-corrected chi connectivity index (χ2v) is 13.3. The molecule has 43 heavy (non-hydrogen) atoms. The quantitative estimate of drug-likeness (QED) is 0.200. The van der Waals surface area contributed by atoms with E-state index in [9.17, 15) is 57.5 Å². The number of amides is 1. The largest absolute Gasteiger partial charge is 0.435 e. The molecule has 4 rings (SSSR count). The standard InChI is InChI=1S/C28H26F9NO4S/c29-16-24(11-9-18(15-39)10-12-24)23(40)38-14-13-25(17-38,43(41,42)22-7-5-21(30)6-8-22)19-1-3-20(4-2-19)26(31,27(32,33)34)28(35,36)37/h1-8,15,18H,9-14,16-17H2/t18?,24?,25-/m0/s1. The van der Waals surface area contributed by atoms with E-state index in [0.717, 1.165) is 29.2 Å². The van der Waals surface area contributed by atoms with Crippen LogP contribution in [-0.4, -0.2) is 57.6 Å². The number of hydrogen-bond acceptors (Lipinski definition) is 4. The van der Waals surface area contributed by atoms with Crippen molar-refractivity contribution >= 4 is 22.0 Å². The summed E-state index contributed by atoms with van der Waals surface area (Å²) >= 11 is 0. The number of sulfone groups is 1. The van der Waals surface area contributed by atoms with Gasteiger partial charge in [0.15, 0.2) is 9.84 Å². The zero-order valence-electron chi connectivity index (χ0n) is 22.3. The SMILES string of the molecule is O=CC1CCC(CF)(C(=O)N2CC[C@](c3ccc(C(F)(C(F)(F)F)C(F)(F)F)cc3)(S(=O)(=O)c3ccc(F)cc3)C2)CC1. The number of aldehydes is 1. The molecule has 0 unspecified atom stereocenters. The molecule has 1 aliphatic carbocycles. The minimum absolute atomic E-state index is 0.00210. The van der Waals surface area contributed by atoms with Crippen molar-refractivity contribution in [1.29, 1.82) is 0 Å². The van der Waals surface area contributed by atoms with Gasteiger partial charge in [0.2, 0.25) is 5.91 Å². The van der Waals surface area contributed by atoms with Crippen molar-refractivity contribution in [3.8, 4) is 0 Å². The summed E-state index contributed by atoms with van der Waals surface area (Å²) in [4.78, 5) is 25.4. The van der Waals surface area contributed by atoms with Crippen molar-refractivity contribution in [2.24, 2.45) is 11.3 Å². The van der Waals surface area contributed by atoms with E-state index < -0.39 is 79.8 Å². The number of likely N-dealkylation sites (tertiary alicyclic amines) is 1. The number of benzene rings is 2. The molecule has 2 fully saturated rings. The molecule has 0 bridgehead atoms. The number of carbonyl (C=O) groups excluding carboxylic acids is 2. The lowest BCUT2D eigenvalue weighted by molar-refractivity contribution is -0.348. The van der Waals surface area contributed by atoms with Crippen LogP contribution in [0.1, 0.15) is 43.2 Å². The molecular formula is C28H26F9NO4S. The van der Waals surface area contributed by atoms with Gasteiger partial charge in [-0.3, -0.25) is 4.79 Å². The number of alkyl halides is 8. The van der Waals surface area contributed by atoms with Gasteiger partial charge >= 0.3 is 18.0 Å². The zero-order valence-corrected chi connectivity index (χ0v) is 23.1. The highest BCUT2D eigenvalue weighted by Crippen LogP contribution is 2.54. The van der Waals surface area contributed by atoms with Gasteiger partial charge in [-0.15, -0.1) is 0 Å². The Balaban J connectivity index is 1.80. The molecule has 1 atom stereocenters. The van der Waals surface area contributed by atoms with Crippen molar-refractivity contribution < 1.29 is 57.5 Å². The Bertz CT molecular complexity index is 1440. The van der Waals surface area contributed by atoms with Gasteiger partial charge in [-0.05, 0) is 61.9 Å². The molecule has 2 aliphatic rings. The van der Waals surface area contributed by atoms with Gasteiger partial charge in [-0.2, -0.15) is 26.3 Å². The molecule has 236 valence electrons. The molecule has 1 saturated heterocycles. The third-order valence-corrected chi connectivity index (χ3v) is 11.1. The third-order valence-electron chi connectivity index (χ3n) is 8.64. The molecule has 1 saturated carbocycles. The Morgan fingerprint density at radius 3 is 1.88 bits per heavy atom. The smallest absolute Gasteiger partial charge is 0.340 e. The Morgan fingerprint density at radius 1 is 0.884 bits per heavy atom. The number of halogens is 9. The van der Waals surface area contributed by atoms with Crippen LogP contribution in [0.5, 0.6) is 0 Å². The van der Waals surface area contributed by atoms with Crippen LogP contribution in [0.2, 0.25) is 0 Å². The lowest BCUT2D eigenvalue weighted by atomic mass is 9.70. The number of carbonyl (C=O) groups is 2. The number of rotatable bonds is 7. The molecule has 1 heterocycles. The van der Waals surface area contributed by atoms with E-state index in [2.05, 4.69) is 0 Å². The van der Waals surface area contributed by atoms with Crippen LogP contribution in [0, 0.1) is 17.2 Å². The molecule has 0 N–H and O–H groups in total. The molecule has 0 radical (unpaired) electrons. The Kier molecular flexibility index (Phi) is 8.48. The lowest BCUT2D eigenvalue weighted by Gasteiger charge is -2.39. The molecule has 0 aromatic heterocycles. The summed E-state index contributed by atoms with van der Waals surface area (Å²) < 4.78 is 148. The second-order valence-electron chi connectivity index (χ2n) is 11.0. The summed E-state index contributed by atoms with van der Waals surface area (Å²) in [6, 6.07) is 5.10. The summed E-state index contributed by atoms with van der Waals surface area (Å²) in [7, 11) is -4.65. The fraction of sp³-hybridized carbons (Fsp3) is 0.500. The zero-order chi connectivity index (χ0) is 32.1. The molecule has 1 amide bonds. The first-order valence-corrected chi connectivity index (χ1v) is 14.6. The van der Waals surface area contributed by atoms with E-state index in [1.165, 1.54) is 0 Å². The van der Waals surface area contributed by atoms with E-state index in [4.69, 9.17) is 0 Å². The van der Waals surface area contributed by atoms with Crippen LogP contribution in [0.3, 0.4) is 0 Å². The summed E-state index contributed by atoms with van der Waals surface area (Å²) in [6.07, 6.45) is -12.1. The van der Waals surface area contributed by atoms with Crippen molar-refractivity contribution in [2.45, 2.75) is 59.8 Å². The Morgan fingerprint density at radius 2 is 1.42 bits per heavy atom. The first-order chi connectivity index (χ1) is 19.9. The fourth-order valence-corrected chi connectivity index (χ4v) is 8.04. The average molecular weight is 644 g/mol. The van der Waals surface area contributed by atoms with Gasteiger partial charge in [-0.25, -0.2) is 21.6 Å². The molecule has 1 aliphatic heterocycles. The first kappa shape index (κ1) is 32.8. The molecule has 2 aromatic rings.